The predicted molar refractivity (Wildman–Crippen MR) is 89.8 cm³/mol. The second-order valence-corrected chi connectivity index (χ2v) is 6.83. The van der Waals surface area contributed by atoms with Crippen molar-refractivity contribution in [3.8, 4) is 5.75 Å². The molecule has 0 amide bonds. The van der Waals surface area contributed by atoms with Gasteiger partial charge < -0.3 is 14.1 Å². The molecule has 0 aliphatic carbocycles. The number of hydrogen-bond acceptors (Lipinski definition) is 6. The fourth-order valence-corrected chi connectivity index (χ4v) is 4.63. The third-order valence-corrected chi connectivity index (χ3v) is 5.87. The van der Waals surface area contributed by atoms with Crippen molar-refractivity contribution in [1.29, 1.82) is 0 Å². The minimum absolute atomic E-state index is 0.773. The zero-order chi connectivity index (χ0) is 14.4. The zero-order valence-electron chi connectivity index (χ0n) is 11.8. The van der Waals surface area contributed by atoms with Gasteiger partial charge in [-0.2, -0.15) is 0 Å². The molecule has 1 aromatic carbocycles. The molecular formula is C15H14N2O2S2. The third kappa shape index (κ3) is 1.97. The van der Waals surface area contributed by atoms with Gasteiger partial charge in [0, 0.05) is 17.5 Å². The molecule has 0 saturated heterocycles. The first kappa shape index (κ1) is 13.2. The molecule has 108 valence electrons. The molecule has 3 heterocycles. The molecular weight excluding hydrogens is 304 g/mol. The molecule has 0 radical (unpaired) electrons. The van der Waals surface area contributed by atoms with E-state index >= 15 is 0 Å². The third-order valence-electron chi connectivity index (χ3n) is 3.64. The molecule has 0 atom stereocenters. The minimum atomic E-state index is 0.773. The first-order chi connectivity index (χ1) is 10.3. The van der Waals surface area contributed by atoms with Gasteiger partial charge in [-0.3, -0.25) is 4.99 Å². The van der Waals surface area contributed by atoms with Crippen LogP contribution in [-0.2, 0) is 0 Å². The van der Waals surface area contributed by atoms with Crippen molar-refractivity contribution in [2.75, 3.05) is 26.5 Å². The molecule has 1 aromatic heterocycles. The Kier molecular flexibility index (Phi) is 3.15. The highest BCUT2D eigenvalue weighted by molar-refractivity contribution is 8.30. The van der Waals surface area contributed by atoms with E-state index < -0.39 is 0 Å². The summed E-state index contributed by atoms with van der Waals surface area (Å²) in [6.45, 7) is 1.83. The van der Waals surface area contributed by atoms with Crippen molar-refractivity contribution in [2.24, 2.45) is 4.99 Å². The first-order valence-corrected chi connectivity index (χ1v) is 8.69. The van der Waals surface area contributed by atoms with Crippen LogP contribution in [0.4, 0.5) is 0 Å². The van der Waals surface area contributed by atoms with E-state index in [-0.39, 0.29) is 0 Å². The number of nitrogens with zero attached hydrogens (tertiary/aromatic N) is 2. The van der Waals surface area contributed by atoms with Gasteiger partial charge in [0.25, 0.3) is 0 Å². The average Bonchev–Trinajstić information content (AvgIpc) is 3.19. The van der Waals surface area contributed by atoms with Gasteiger partial charge in [-0.1, -0.05) is 0 Å². The number of methoxy groups -OCH3 is 1. The molecule has 0 fully saturated rings. The highest BCUT2D eigenvalue weighted by atomic mass is 32.2. The zero-order valence-corrected chi connectivity index (χ0v) is 13.4. The highest BCUT2D eigenvalue weighted by Gasteiger charge is 2.33. The van der Waals surface area contributed by atoms with Crippen molar-refractivity contribution in [3.63, 3.8) is 0 Å². The predicted octanol–water partition coefficient (Wildman–Crippen LogP) is 3.85. The normalized spacial score (nSPS) is 17.6. The molecule has 0 unspecified atom stereocenters. The molecule has 6 heteroatoms. The van der Waals surface area contributed by atoms with Crippen LogP contribution in [0.5, 0.6) is 5.75 Å². The van der Waals surface area contributed by atoms with E-state index in [2.05, 4.69) is 28.3 Å². The van der Waals surface area contributed by atoms with Crippen LogP contribution in [0.3, 0.4) is 0 Å². The van der Waals surface area contributed by atoms with Crippen LogP contribution in [0.15, 0.2) is 38.1 Å². The lowest BCUT2D eigenvalue weighted by molar-refractivity contribution is 0.410. The monoisotopic (exact) mass is 318 g/mol. The molecule has 0 N–H and O–H groups in total. The topological polar surface area (TPSA) is 38.0 Å². The summed E-state index contributed by atoms with van der Waals surface area (Å²) in [5.41, 5.74) is 3.20. The van der Waals surface area contributed by atoms with Crippen molar-refractivity contribution in [2.45, 2.75) is 0 Å². The maximum Gasteiger partial charge on any atom is 0.175 e. The lowest BCUT2D eigenvalue weighted by atomic mass is 10.1. The second kappa shape index (κ2) is 5.03. The summed E-state index contributed by atoms with van der Waals surface area (Å²) in [5.74, 6) is 0.773. The van der Waals surface area contributed by atoms with Crippen molar-refractivity contribution >= 4 is 45.4 Å². The van der Waals surface area contributed by atoms with E-state index in [9.17, 15) is 0 Å². The van der Waals surface area contributed by atoms with Gasteiger partial charge in [0.1, 0.15) is 0 Å². The number of fused-ring (bicyclic) bond motifs is 2. The van der Waals surface area contributed by atoms with Crippen LogP contribution in [0.2, 0.25) is 0 Å². The molecule has 4 rings (SSSR count). The van der Waals surface area contributed by atoms with Crippen LogP contribution in [-0.4, -0.2) is 36.5 Å². The molecule has 0 saturated carbocycles. The summed E-state index contributed by atoms with van der Waals surface area (Å²) < 4.78 is 12.3. The second-order valence-electron chi connectivity index (χ2n) is 4.78. The minimum Gasteiger partial charge on any atom is -0.493 e. The number of ether oxygens (including phenoxy) is 1. The van der Waals surface area contributed by atoms with Gasteiger partial charge in [-0.15, -0.1) is 11.8 Å². The summed E-state index contributed by atoms with van der Waals surface area (Å²) >= 11 is 3.53. The smallest absolute Gasteiger partial charge is 0.175 e. The van der Waals surface area contributed by atoms with E-state index in [1.165, 1.54) is 9.93 Å². The Morgan fingerprint density at radius 2 is 2.33 bits per heavy atom. The maximum atomic E-state index is 5.51. The number of thioether (sulfide) groups is 2. The maximum absolute atomic E-state index is 5.51. The van der Waals surface area contributed by atoms with Gasteiger partial charge in [-0.05, 0) is 36.2 Å². The van der Waals surface area contributed by atoms with E-state index in [0.717, 1.165) is 40.5 Å². The van der Waals surface area contributed by atoms with E-state index in [4.69, 9.17) is 9.15 Å². The van der Waals surface area contributed by atoms with E-state index in [1.54, 1.807) is 36.9 Å². The number of benzene rings is 1. The molecule has 4 nitrogen and oxygen atoms in total. The average molecular weight is 318 g/mol. The number of amidine groups is 1. The molecule has 0 spiro atoms. The van der Waals surface area contributed by atoms with Crippen LogP contribution in [0.25, 0.3) is 16.7 Å². The summed E-state index contributed by atoms with van der Waals surface area (Å²) in [7, 11) is 1.68. The fourth-order valence-electron chi connectivity index (χ4n) is 2.71. The Bertz CT molecular complexity index is 779. The summed E-state index contributed by atoms with van der Waals surface area (Å²) in [4.78, 5) is 6.87. The van der Waals surface area contributed by atoms with Gasteiger partial charge in [0.2, 0.25) is 0 Å². The van der Waals surface area contributed by atoms with Crippen LogP contribution >= 0.6 is 23.5 Å². The Hall–Kier alpha value is -1.53. The van der Waals surface area contributed by atoms with Gasteiger partial charge in [-0.25, -0.2) is 0 Å². The largest absolute Gasteiger partial charge is 0.493 e. The van der Waals surface area contributed by atoms with Crippen molar-refractivity contribution < 1.29 is 9.15 Å². The van der Waals surface area contributed by atoms with Crippen LogP contribution < -0.4 is 4.74 Å². The van der Waals surface area contributed by atoms with Crippen LogP contribution in [0.1, 0.15) is 5.56 Å². The Morgan fingerprint density at radius 3 is 3.14 bits per heavy atom. The number of furan rings is 1. The lowest BCUT2D eigenvalue weighted by Crippen LogP contribution is -2.20. The Balaban J connectivity index is 1.90. The van der Waals surface area contributed by atoms with Gasteiger partial charge >= 0.3 is 0 Å². The number of rotatable bonds is 3. The molecule has 2 aromatic rings. The summed E-state index contributed by atoms with van der Waals surface area (Å²) in [6.07, 6.45) is 3.81. The molecule has 21 heavy (non-hydrogen) atoms. The number of aliphatic imine (C=N–C) groups is 1. The summed E-state index contributed by atoms with van der Waals surface area (Å²) in [6, 6.07) is 6.19. The number of hydrogen-bond donors (Lipinski definition) is 0. The highest BCUT2D eigenvalue weighted by Crippen LogP contribution is 2.47. The van der Waals surface area contributed by atoms with Crippen molar-refractivity contribution in [3.05, 3.63) is 34.3 Å². The Labute approximate surface area is 131 Å². The van der Waals surface area contributed by atoms with Gasteiger partial charge in [0.15, 0.2) is 16.5 Å². The first-order valence-electron chi connectivity index (χ1n) is 6.65. The van der Waals surface area contributed by atoms with Crippen LogP contribution in [0, 0.1) is 0 Å². The molecule has 2 aliphatic rings. The quantitative estimate of drug-likeness (QED) is 0.859. The standard InChI is InChI=1S/C15H14N2O2S2/c1-18-11-8-10(7-9-3-6-19-13(9)11)12-14(20-2)21-15-16-4-5-17(12)15/h3,6-8H,4-5H2,1-2H3. The summed E-state index contributed by atoms with van der Waals surface area (Å²) in [5, 5.41) is 2.17. The van der Waals surface area contributed by atoms with Crippen molar-refractivity contribution in [1.82, 2.24) is 4.90 Å². The SMILES string of the molecule is COc1cc(C2=C(SC)SC3=NCCN32)cc2ccoc12. The lowest BCUT2D eigenvalue weighted by Gasteiger charge is -2.17. The fraction of sp³-hybridized carbons (Fsp3) is 0.267. The van der Waals surface area contributed by atoms with E-state index in [1.807, 2.05) is 6.07 Å². The van der Waals surface area contributed by atoms with Gasteiger partial charge in [0.05, 0.1) is 29.9 Å². The molecule has 0 bridgehead atoms. The van der Waals surface area contributed by atoms with E-state index in [0.29, 0.717) is 0 Å². The molecule has 2 aliphatic heterocycles. The Morgan fingerprint density at radius 1 is 1.43 bits per heavy atom.